The van der Waals surface area contributed by atoms with Crippen LogP contribution in [0.4, 0.5) is 0 Å². The van der Waals surface area contributed by atoms with E-state index < -0.39 is 11.9 Å². The van der Waals surface area contributed by atoms with E-state index in [4.69, 9.17) is 5.11 Å². The standard InChI is InChI=1S/C10H15NO3/c12-8-5-7(10(13)14)9(11-8)6-3-1-2-4-6/h6-7,9H,1-5H2,(H,11,12)(H,13,14)/t7-,9+/m0/s1. The highest BCUT2D eigenvalue weighted by molar-refractivity contribution is 5.86. The molecule has 1 saturated carbocycles. The monoisotopic (exact) mass is 197 g/mol. The summed E-state index contributed by atoms with van der Waals surface area (Å²) in [6.07, 6.45) is 4.63. The maximum absolute atomic E-state index is 11.2. The van der Waals surface area contributed by atoms with Crippen LogP contribution in [0.5, 0.6) is 0 Å². The van der Waals surface area contributed by atoms with Crippen molar-refractivity contribution in [3.63, 3.8) is 0 Å². The minimum Gasteiger partial charge on any atom is -0.481 e. The zero-order valence-electron chi connectivity index (χ0n) is 8.03. The number of hydrogen-bond donors (Lipinski definition) is 2. The number of rotatable bonds is 2. The highest BCUT2D eigenvalue weighted by atomic mass is 16.4. The van der Waals surface area contributed by atoms with E-state index in [0.717, 1.165) is 12.8 Å². The van der Waals surface area contributed by atoms with Crippen molar-refractivity contribution in [2.24, 2.45) is 11.8 Å². The maximum Gasteiger partial charge on any atom is 0.309 e. The number of amides is 1. The first-order chi connectivity index (χ1) is 6.68. The van der Waals surface area contributed by atoms with E-state index in [0.29, 0.717) is 5.92 Å². The molecule has 2 fully saturated rings. The summed E-state index contributed by atoms with van der Waals surface area (Å²) < 4.78 is 0. The van der Waals surface area contributed by atoms with Gasteiger partial charge in [0.1, 0.15) is 0 Å². The van der Waals surface area contributed by atoms with Gasteiger partial charge in [0.2, 0.25) is 5.91 Å². The summed E-state index contributed by atoms with van der Waals surface area (Å²) in [6.45, 7) is 0. The molecule has 2 aliphatic rings. The Morgan fingerprint density at radius 2 is 2.00 bits per heavy atom. The fourth-order valence-electron chi connectivity index (χ4n) is 2.68. The van der Waals surface area contributed by atoms with Crippen LogP contribution in [0.1, 0.15) is 32.1 Å². The van der Waals surface area contributed by atoms with Gasteiger partial charge >= 0.3 is 5.97 Å². The van der Waals surface area contributed by atoms with Crippen molar-refractivity contribution in [3.05, 3.63) is 0 Å². The van der Waals surface area contributed by atoms with Gasteiger partial charge in [0.25, 0.3) is 0 Å². The molecule has 1 aliphatic heterocycles. The van der Waals surface area contributed by atoms with Crippen LogP contribution < -0.4 is 5.32 Å². The minimum atomic E-state index is -0.833. The van der Waals surface area contributed by atoms with Crippen LogP contribution in [-0.4, -0.2) is 23.0 Å². The van der Waals surface area contributed by atoms with Crippen molar-refractivity contribution in [1.29, 1.82) is 0 Å². The van der Waals surface area contributed by atoms with Crippen LogP contribution in [0.25, 0.3) is 0 Å². The Labute approximate surface area is 82.7 Å². The van der Waals surface area contributed by atoms with Crippen LogP contribution in [0, 0.1) is 11.8 Å². The summed E-state index contributed by atoms with van der Waals surface area (Å²) in [4.78, 5) is 22.1. The molecule has 0 aromatic carbocycles. The first kappa shape index (κ1) is 9.49. The number of aliphatic carboxylic acids is 1. The molecule has 2 rings (SSSR count). The minimum absolute atomic E-state index is 0.103. The van der Waals surface area contributed by atoms with Gasteiger partial charge in [-0.2, -0.15) is 0 Å². The molecule has 14 heavy (non-hydrogen) atoms. The molecule has 0 aromatic rings. The molecule has 1 heterocycles. The van der Waals surface area contributed by atoms with Gasteiger partial charge in [0, 0.05) is 12.5 Å². The molecular formula is C10H15NO3. The van der Waals surface area contributed by atoms with E-state index in [-0.39, 0.29) is 18.4 Å². The van der Waals surface area contributed by atoms with Crippen LogP contribution in [0.2, 0.25) is 0 Å². The van der Waals surface area contributed by atoms with Crippen LogP contribution in [0.15, 0.2) is 0 Å². The van der Waals surface area contributed by atoms with Crippen molar-refractivity contribution in [2.45, 2.75) is 38.1 Å². The molecule has 2 atom stereocenters. The zero-order chi connectivity index (χ0) is 10.1. The Morgan fingerprint density at radius 1 is 1.36 bits per heavy atom. The third kappa shape index (κ3) is 1.61. The first-order valence-electron chi connectivity index (χ1n) is 5.20. The van der Waals surface area contributed by atoms with Crippen LogP contribution >= 0.6 is 0 Å². The Balaban J connectivity index is 2.08. The van der Waals surface area contributed by atoms with Gasteiger partial charge in [-0.05, 0) is 18.8 Å². The second kappa shape index (κ2) is 3.59. The van der Waals surface area contributed by atoms with Gasteiger partial charge in [-0.15, -0.1) is 0 Å². The highest BCUT2D eigenvalue weighted by Gasteiger charge is 2.42. The summed E-state index contributed by atoms with van der Waals surface area (Å²) >= 11 is 0. The van der Waals surface area contributed by atoms with E-state index in [1.165, 1.54) is 12.8 Å². The molecule has 0 radical (unpaired) electrons. The third-order valence-corrected chi connectivity index (χ3v) is 3.39. The van der Waals surface area contributed by atoms with Crippen LogP contribution in [-0.2, 0) is 9.59 Å². The van der Waals surface area contributed by atoms with Crippen molar-refractivity contribution in [3.8, 4) is 0 Å². The number of hydrogen-bond acceptors (Lipinski definition) is 2. The third-order valence-electron chi connectivity index (χ3n) is 3.39. The lowest BCUT2D eigenvalue weighted by atomic mass is 9.88. The number of carboxylic acids is 1. The summed E-state index contributed by atoms with van der Waals surface area (Å²) in [5.74, 6) is -1.04. The normalized spacial score (nSPS) is 33.3. The largest absolute Gasteiger partial charge is 0.481 e. The number of carbonyl (C=O) groups is 2. The van der Waals surface area contributed by atoms with Gasteiger partial charge in [0.15, 0.2) is 0 Å². The number of nitrogens with one attached hydrogen (secondary N) is 1. The summed E-state index contributed by atoms with van der Waals surface area (Å²) in [7, 11) is 0. The molecule has 0 bridgehead atoms. The predicted octanol–water partition coefficient (Wildman–Crippen LogP) is 0.766. The lowest BCUT2D eigenvalue weighted by Gasteiger charge is -2.21. The van der Waals surface area contributed by atoms with Gasteiger partial charge in [0.05, 0.1) is 5.92 Å². The maximum atomic E-state index is 11.2. The molecular weight excluding hydrogens is 182 g/mol. The molecule has 2 N–H and O–H groups in total. The first-order valence-corrected chi connectivity index (χ1v) is 5.20. The predicted molar refractivity (Wildman–Crippen MR) is 49.6 cm³/mol. The van der Waals surface area contributed by atoms with E-state index in [9.17, 15) is 9.59 Å². The Bertz CT molecular complexity index is 258. The van der Waals surface area contributed by atoms with E-state index in [1.54, 1.807) is 0 Å². The smallest absolute Gasteiger partial charge is 0.309 e. The SMILES string of the molecule is O=C1C[C@H](C(=O)O)[C@@H](C2CCCC2)N1. The second-order valence-electron chi connectivity index (χ2n) is 4.29. The molecule has 1 aliphatic carbocycles. The average molecular weight is 197 g/mol. The van der Waals surface area contributed by atoms with E-state index in [2.05, 4.69) is 5.32 Å². The Kier molecular flexibility index (Phi) is 2.44. The molecule has 4 nitrogen and oxygen atoms in total. The lowest BCUT2D eigenvalue weighted by molar-refractivity contribution is -0.142. The number of carbonyl (C=O) groups excluding carboxylic acids is 1. The van der Waals surface area contributed by atoms with Crippen molar-refractivity contribution >= 4 is 11.9 Å². The number of carboxylic acid groups (broad SMARTS) is 1. The Morgan fingerprint density at radius 3 is 2.57 bits per heavy atom. The summed E-state index contributed by atoms with van der Waals surface area (Å²) in [6, 6.07) is -0.109. The fraction of sp³-hybridized carbons (Fsp3) is 0.800. The lowest BCUT2D eigenvalue weighted by Crippen LogP contribution is -2.38. The highest BCUT2D eigenvalue weighted by Crippen LogP contribution is 2.34. The van der Waals surface area contributed by atoms with Crippen molar-refractivity contribution < 1.29 is 14.7 Å². The van der Waals surface area contributed by atoms with Gasteiger partial charge < -0.3 is 10.4 Å². The molecule has 0 spiro atoms. The van der Waals surface area contributed by atoms with Gasteiger partial charge in [-0.1, -0.05) is 12.8 Å². The zero-order valence-corrected chi connectivity index (χ0v) is 8.03. The molecule has 4 heteroatoms. The second-order valence-corrected chi connectivity index (χ2v) is 4.29. The topological polar surface area (TPSA) is 66.4 Å². The molecule has 0 unspecified atom stereocenters. The quantitative estimate of drug-likeness (QED) is 0.687. The molecule has 1 saturated heterocycles. The van der Waals surface area contributed by atoms with E-state index in [1.807, 2.05) is 0 Å². The van der Waals surface area contributed by atoms with E-state index >= 15 is 0 Å². The van der Waals surface area contributed by atoms with Gasteiger partial charge in [-0.25, -0.2) is 0 Å². The fourth-order valence-corrected chi connectivity index (χ4v) is 2.68. The molecule has 78 valence electrons. The van der Waals surface area contributed by atoms with Gasteiger partial charge in [-0.3, -0.25) is 9.59 Å². The summed E-state index contributed by atoms with van der Waals surface area (Å²) in [5, 5.41) is 11.8. The van der Waals surface area contributed by atoms with Crippen LogP contribution in [0.3, 0.4) is 0 Å². The Hall–Kier alpha value is -1.06. The molecule has 1 amide bonds. The van der Waals surface area contributed by atoms with Crippen molar-refractivity contribution in [2.75, 3.05) is 0 Å². The average Bonchev–Trinajstić information content (AvgIpc) is 2.70. The summed E-state index contributed by atoms with van der Waals surface area (Å²) in [5.41, 5.74) is 0. The van der Waals surface area contributed by atoms with Crippen molar-refractivity contribution in [1.82, 2.24) is 5.32 Å². The molecule has 0 aromatic heterocycles.